The highest BCUT2D eigenvalue weighted by Crippen LogP contribution is 2.18. The molecule has 0 saturated heterocycles. The predicted octanol–water partition coefficient (Wildman–Crippen LogP) is 3.18. The van der Waals surface area contributed by atoms with Gasteiger partial charge in [-0.25, -0.2) is 9.48 Å². The molecular formula is C21H22N4O. The molecule has 0 fully saturated rings. The number of carbonyl (C=O) groups is 1. The lowest BCUT2D eigenvalue weighted by molar-refractivity contribution is 0.192. The summed E-state index contributed by atoms with van der Waals surface area (Å²) in [6.07, 6.45) is 5.43. The van der Waals surface area contributed by atoms with E-state index in [1.807, 2.05) is 40.0 Å². The Bertz CT molecular complexity index is 871. The normalized spacial score (nSPS) is 13.3. The molecule has 0 atom stereocenters. The zero-order valence-corrected chi connectivity index (χ0v) is 14.6. The van der Waals surface area contributed by atoms with Crippen LogP contribution in [0.15, 0.2) is 67.0 Å². The minimum atomic E-state index is 0.0210. The van der Waals surface area contributed by atoms with Crippen molar-refractivity contribution in [3.63, 3.8) is 0 Å². The van der Waals surface area contributed by atoms with Crippen LogP contribution in [0, 0.1) is 0 Å². The molecule has 5 heteroatoms. The molecule has 132 valence electrons. The first-order valence-electron chi connectivity index (χ1n) is 8.98. The Morgan fingerprint density at radius 1 is 1.04 bits per heavy atom. The van der Waals surface area contributed by atoms with Crippen LogP contribution in [0.1, 0.15) is 16.7 Å². The number of carbonyl (C=O) groups excluding carboxylic acids is 1. The summed E-state index contributed by atoms with van der Waals surface area (Å²) >= 11 is 0. The molecule has 3 aromatic rings. The van der Waals surface area contributed by atoms with Crippen molar-refractivity contribution in [1.82, 2.24) is 20.0 Å². The van der Waals surface area contributed by atoms with Crippen molar-refractivity contribution >= 4 is 6.03 Å². The fourth-order valence-corrected chi connectivity index (χ4v) is 3.33. The fraction of sp³-hybridized carbons (Fsp3) is 0.238. The largest absolute Gasteiger partial charge is 0.338 e. The van der Waals surface area contributed by atoms with Crippen LogP contribution in [-0.4, -0.2) is 33.8 Å². The number of fused-ring (bicyclic) bond motifs is 1. The monoisotopic (exact) mass is 346 g/mol. The summed E-state index contributed by atoms with van der Waals surface area (Å²) in [6.45, 7) is 2.11. The molecule has 0 saturated carbocycles. The second-order valence-electron chi connectivity index (χ2n) is 6.54. The molecule has 2 heterocycles. The van der Waals surface area contributed by atoms with E-state index >= 15 is 0 Å². The third-order valence-corrected chi connectivity index (χ3v) is 4.81. The van der Waals surface area contributed by atoms with Gasteiger partial charge < -0.3 is 10.2 Å². The van der Waals surface area contributed by atoms with Crippen LogP contribution in [0.4, 0.5) is 4.79 Å². The van der Waals surface area contributed by atoms with Crippen molar-refractivity contribution in [2.24, 2.45) is 0 Å². The molecule has 0 bridgehead atoms. The molecule has 4 rings (SSSR count). The lowest BCUT2D eigenvalue weighted by Gasteiger charge is -2.29. The first-order chi connectivity index (χ1) is 12.8. The van der Waals surface area contributed by atoms with E-state index in [4.69, 9.17) is 0 Å². The van der Waals surface area contributed by atoms with Gasteiger partial charge in [0, 0.05) is 32.0 Å². The number of aromatic nitrogens is 2. The fourth-order valence-electron chi connectivity index (χ4n) is 3.33. The van der Waals surface area contributed by atoms with Crippen molar-refractivity contribution in [3.05, 3.63) is 83.7 Å². The Labute approximate surface area is 153 Å². The molecule has 0 aliphatic carbocycles. The van der Waals surface area contributed by atoms with Crippen molar-refractivity contribution in [1.29, 1.82) is 0 Å². The third kappa shape index (κ3) is 3.61. The van der Waals surface area contributed by atoms with Gasteiger partial charge in [-0.15, -0.1) is 0 Å². The Kier molecular flexibility index (Phi) is 4.69. The van der Waals surface area contributed by atoms with E-state index in [-0.39, 0.29) is 6.03 Å². The van der Waals surface area contributed by atoms with Crippen LogP contribution in [0.5, 0.6) is 0 Å². The lowest BCUT2D eigenvalue weighted by Crippen LogP contribution is -2.43. The standard InChI is InChI=1S/C21H22N4O/c26-21(24-15-11-18-4-1-2-5-19(18)16-24)22-13-10-17-6-8-20(9-7-17)25-14-3-12-23-25/h1-9,12,14H,10-11,13,15-16H2,(H,22,26). The summed E-state index contributed by atoms with van der Waals surface area (Å²) < 4.78 is 1.83. The predicted molar refractivity (Wildman–Crippen MR) is 101 cm³/mol. The van der Waals surface area contributed by atoms with Gasteiger partial charge in [-0.1, -0.05) is 36.4 Å². The highest BCUT2D eigenvalue weighted by molar-refractivity contribution is 5.74. The SMILES string of the molecule is O=C(NCCc1ccc(-n2cccn2)cc1)N1CCc2ccccc2C1. The number of nitrogens with zero attached hydrogens (tertiary/aromatic N) is 3. The Morgan fingerprint density at radius 2 is 1.85 bits per heavy atom. The number of benzene rings is 2. The summed E-state index contributed by atoms with van der Waals surface area (Å²) in [7, 11) is 0. The van der Waals surface area contributed by atoms with E-state index in [0.29, 0.717) is 13.1 Å². The summed E-state index contributed by atoms with van der Waals surface area (Å²) in [4.78, 5) is 14.3. The van der Waals surface area contributed by atoms with Crippen molar-refractivity contribution in [3.8, 4) is 5.69 Å². The van der Waals surface area contributed by atoms with Crippen LogP contribution in [0.3, 0.4) is 0 Å². The number of hydrogen-bond acceptors (Lipinski definition) is 2. The van der Waals surface area contributed by atoms with Gasteiger partial charge in [-0.05, 0) is 47.7 Å². The smallest absolute Gasteiger partial charge is 0.317 e. The Hall–Kier alpha value is -3.08. The van der Waals surface area contributed by atoms with Crippen LogP contribution >= 0.6 is 0 Å². The van der Waals surface area contributed by atoms with E-state index in [0.717, 1.165) is 25.1 Å². The lowest BCUT2D eigenvalue weighted by atomic mass is 10.0. The minimum absolute atomic E-state index is 0.0210. The molecule has 1 N–H and O–H groups in total. The van der Waals surface area contributed by atoms with Crippen molar-refractivity contribution in [2.45, 2.75) is 19.4 Å². The van der Waals surface area contributed by atoms with Gasteiger partial charge in [0.1, 0.15) is 0 Å². The molecule has 0 radical (unpaired) electrons. The highest BCUT2D eigenvalue weighted by atomic mass is 16.2. The first kappa shape index (κ1) is 16.4. The second kappa shape index (κ2) is 7.44. The van der Waals surface area contributed by atoms with Crippen LogP contribution < -0.4 is 5.32 Å². The van der Waals surface area contributed by atoms with Crippen LogP contribution in [0.25, 0.3) is 5.69 Å². The maximum absolute atomic E-state index is 12.4. The Morgan fingerprint density at radius 3 is 2.62 bits per heavy atom. The van der Waals surface area contributed by atoms with E-state index in [1.165, 1.54) is 16.7 Å². The average molecular weight is 346 g/mol. The maximum atomic E-state index is 12.4. The van der Waals surface area contributed by atoms with E-state index < -0.39 is 0 Å². The van der Waals surface area contributed by atoms with E-state index in [9.17, 15) is 4.79 Å². The molecule has 1 aliphatic heterocycles. The number of hydrogen-bond donors (Lipinski definition) is 1. The Balaban J connectivity index is 1.28. The molecular weight excluding hydrogens is 324 g/mol. The number of amides is 2. The van der Waals surface area contributed by atoms with Crippen molar-refractivity contribution < 1.29 is 4.79 Å². The van der Waals surface area contributed by atoms with Gasteiger partial charge in [0.25, 0.3) is 0 Å². The number of rotatable bonds is 4. The van der Waals surface area contributed by atoms with Gasteiger partial charge in [-0.3, -0.25) is 0 Å². The second-order valence-corrected chi connectivity index (χ2v) is 6.54. The molecule has 0 spiro atoms. The molecule has 1 aliphatic rings. The quantitative estimate of drug-likeness (QED) is 0.789. The van der Waals surface area contributed by atoms with Gasteiger partial charge in [0.15, 0.2) is 0 Å². The highest BCUT2D eigenvalue weighted by Gasteiger charge is 2.19. The van der Waals surface area contributed by atoms with Crippen LogP contribution in [0.2, 0.25) is 0 Å². The molecule has 26 heavy (non-hydrogen) atoms. The molecule has 5 nitrogen and oxygen atoms in total. The van der Waals surface area contributed by atoms with E-state index in [2.05, 4.69) is 40.7 Å². The summed E-state index contributed by atoms with van der Waals surface area (Å²) in [5.74, 6) is 0. The molecule has 2 amide bonds. The molecule has 2 aromatic carbocycles. The minimum Gasteiger partial charge on any atom is -0.338 e. The summed E-state index contributed by atoms with van der Waals surface area (Å²) in [6, 6.07) is 18.5. The first-order valence-corrected chi connectivity index (χ1v) is 8.98. The molecule has 0 unspecified atom stereocenters. The average Bonchev–Trinajstić information content (AvgIpc) is 3.23. The summed E-state index contributed by atoms with van der Waals surface area (Å²) in [5.41, 5.74) is 4.84. The topological polar surface area (TPSA) is 50.2 Å². The summed E-state index contributed by atoms with van der Waals surface area (Å²) in [5, 5.41) is 7.27. The van der Waals surface area contributed by atoms with Gasteiger partial charge in [0.05, 0.1) is 5.69 Å². The molecule has 1 aromatic heterocycles. The van der Waals surface area contributed by atoms with E-state index in [1.54, 1.807) is 6.20 Å². The van der Waals surface area contributed by atoms with Gasteiger partial charge in [-0.2, -0.15) is 5.10 Å². The number of urea groups is 1. The van der Waals surface area contributed by atoms with Crippen molar-refractivity contribution in [2.75, 3.05) is 13.1 Å². The number of nitrogens with one attached hydrogen (secondary N) is 1. The maximum Gasteiger partial charge on any atom is 0.317 e. The van der Waals surface area contributed by atoms with Gasteiger partial charge in [0.2, 0.25) is 0 Å². The van der Waals surface area contributed by atoms with Crippen LogP contribution in [-0.2, 0) is 19.4 Å². The van der Waals surface area contributed by atoms with Gasteiger partial charge >= 0.3 is 6.03 Å². The zero-order chi connectivity index (χ0) is 17.8. The third-order valence-electron chi connectivity index (χ3n) is 4.81. The zero-order valence-electron chi connectivity index (χ0n) is 14.6.